The highest BCUT2D eigenvalue weighted by Crippen LogP contribution is 2.33. The molecular formula is C44H55FN8O3S. The molecule has 1 aliphatic carbocycles. The normalized spacial score (nSPS) is 23.1. The van der Waals surface area contributed by atoms with Crippen molar-refractivity contribution in [3.63, 3.8) is 0 Å². The minimum Gasteiger partial charge on any atom is -0.438 e. The molecule has 3 fully saturated rings. The summed E-state index contributed by atoms with van der Waals surface area (Å²) in [5.74, 6) is 1.66. The highest BCUT2D eigenvalue weighted by Gasteiger charge is 2.28. The molecule has 4 aliphatic rings. The maximum Gasteiger partial charge on any atom is 0.272 e. The van der Waals surface area contributed by atoms with Gasteiger partial charge in [0.25, 0.3) is 11.8 Å². The van der Waals surface area contributed by atoms with Crippen LogP contribution in [0.4, 0.5) is 4.39 Å². The quantitative estimate of drug-likeness (QED) is 0.158. The van der Waals surface area contributed by atoms with E-state index in [1.54, 1.807) is 0 Å². The minimum atomic E-state index is -0.612. The number of carbonyl (C=O) groups excluding carboxylic acids is 2. The molecule has 57 heavy (non-hydrogen) atoms. The number of aryl methyl sites for hydroxylation is 2. The van der Waals surface area contributed by atoms with Crippen LogP contribution in [-0.2, 0) is 26.1 Å². The van der Waals surface area contributed by atoms with Crippen LogP contribution in [0.3, 0.4) is 0 Å². The third-order valence-electron chi connectivity index (χ3n) is 11.7. The van der Waals surface area contributed by atoms with E-state index in [0.717, 1.165) is 112 Å². The van der Waals surface area contributed by atoms with Crippen molar-refractivity contribution in [1.82, 2.24) is 40.5 Å². The number of amides is 2. The number of fused-ring (bicyclic) bond motifs is 1. The Morgan fingerprint density at radius 1 is 0.877 bits per heavy atom. The van der Waals surface area contributed by atoms with Gasteiger partial charge in [-0.3, -0.25) is 24.1 Å². The lowest BCUT2D eigenvalue weighted by molar-refractivity contribution is 0.0887. The van der Waals surface area contributed by atoms with Crippen molar-refractivity contribution in [2.75, 3.05) is 37.7 Å². The number of benzene rings is 2. The van der Waals surface area contributed by atoms with Crippen LogP contribution in [0.1, 0.15) is 90.0 Å². The molecule has 4 aromatic rings. The van der Waals surface area contributed by atoms with Crippen molar-refractivity contribution < 1.29 is 18.7 Å². The molecule has 13 heteroatoms. The number of piperazine rings is 1. The van der Waals surface area contributed by atoms with Crippen molar-refractivity contribution in [2.24, 2.45) is 0 Å². The lowest BCUT2D eigenvalue weighted by Gasteiger charge is -2.36. The number of hydrogen-bond acceptors (Lipinski definition) is 9. The van der Waals surface area contributed by atoms with Crippen molar-refractivity contribution in [3.8, 4) is 22.8 Å². The van der Waals surface area contributed by atoms with E-state index in [9.17, 15) is 14.0 Å². The first-order chi connectivity index (χ1) is 27.7. The summed E-state index contributed by atoms with van der Waals surface area (Å²) in [6.45, 7) is 11.3. The zero-order chi connectivity index (χ0) is 39.3. The molecule has 8 rings (SSSR count). The van der Waals surface area contributed by atoms with Gasteiger partial charge >= 0.3 is 0 Å². The first-order valence-corrected chi connectivity index (χ1v) is 21.9. The van der Waals surface area contributed by atoms with Crippen LogP contribution in [0.25, 0.3) is 11.1 Å². The maximum atomic E-state index is 14.6. The number of hydrogen-bond donors (Lipinski definition) is 3. The van der Waals surface area contributed by atoms with Crippen LogP contribution in [0, 0.1) is 5.82 Å². The molecule has 3 aliphatic heterocycles. The molecule has 1 saturated carbocycles. The van der Waals surface area contributed by atoms with Gasteiger partial charge in [0.1, 0.15) is 22.8 Å². The predicted octanol–water partition coefficient (Wildman–Crippen LogP) is 6.41. The van der Waals surface area contributed by atoms with Crippen LogP contribution in [0.2, 0.25) is 0 Å². The molecule has 2 atom stereocenters. The number of thioether (sulfide) groups is 1. The summed E-state index contributed by atoms with van der Waals surface area (Å²) >= 11 is 2.01. The van der Waals surface area contributed by atoms with Gasteiger partial charge in [0.15, 0.2) is 0 Å². The molecule has 2 aromatic carbocycles. The van der Waals surface area contributed by atoms with Gasteiger partial charge in [-0.05, 0) is 105 Å². The number of nitrogens with one attached hydrogen (secondary N) is 3. The molecule has 5 heterocycles. The molecule has 11 nitrogen and oxygen atoms in total. The predicted molar refractivity (Wildman–Crippen MR) is 222 cm³/mol. The van der Waals surface area contributed by atoms with E-state index >= 15 is 0 Å². The molecule has 302 valence electrons. The summed E-state index contributed by atoms with van der Waals surface area (Å²) in [6.07, 6.45) is 7.04. The lowest BCUT2D eigenvalue weighted by Crippen LogP contribution is -2.53. The first kappa shape index (κ1) is 39.5. The standard InChI is InChI=1S/C44H55FN8O3S/c1-29-25-52(26-30(2)47-29)27-31-9-14-39(33(20-31)28-51-16-18-57-19-17-51)32-6-5-8-38(21-32)56-44-40(22-34(45)24-46-44)42(54)48-35-10-12-36(13-11-35)49-43(55)41-23-37-7-3-4-15-53(37)50-41/h5-6,8-9,14,20-24,29-30,35-36,47H,3-4,7,10-13,15-19,25-28H2,1-2H3,(H,48,54)(H,49,55)/t29-,30+,35?,36?. The van der Waals surface area contributed by atoms with Crippen LogP contribution in [-0.4, -0.2) is 98.2 Å². The van der Waals surface area contributed by atoms with Gasteiger partial charge in [0.05, 0.1) is 6.20 Å². The van der Waals surface area contributed by atoms with Crippen molar-refractivity contribution in [1.29, 1.82) is 0 Å². The number of pyridine rings is 1. The lowest BCUT2D eigenvalue weighted by atomic mass is 9.91. The summed E-state index contributed by atoms with van der Waals surface area (Å²) in [7, 11) is 0. The molecule has 0 spiro atoms. The van der Waals surface area contributed by atoms with Gasteiger partial charge in [-0.15, -0.1) is 0 Å². The average Bonchev–Trinajstić information content (AvgIpc) is 3.65. The molecule has 3 N–H and O–H groups in total. The third-order valence-corrected chi connectivity index (χ3v) is 12.6. The molecule has 0 unspecified atom stereocenters. The number of aromatic nitrogens is 3. The van der Waals surface area contributed by atoms with E-state index in [1.165, 1.54) is 17.2 Å². The largest absolute Gasteiger partial charge is 0.438 e. The smallest absolute Gasteiger partial charge is 0.272 e. The summed E-state index contributed by atoms with van der Waals surface area (Å²) in [4.78, 5) is 35.9. The van der Waals surface area contributed by atoms with E-state index in [2.05, 4.69) is 73.9 Å². The Morgan fingerprint density at radius 2 is 1.63 bits per heavy atom. The monoisotopic (exact) mass is 794 g/mol. The van der Waals surface area contributed by atoms with E-state index in [0.29, 0.717) is 36.4 Å². The summed E-state index contributed by atoms with van der Waals surface area (Å²) < 4.78 is 22.8. The van der Waals surface area contributed by atoms with Crippen LogP contribution >= 0.6 is 11.8 Å². The fourth-order valence-corrected chi connectivity index (χ4v) is 9.91. The molecule has 0 bridgehead atoms. The number of halogens is 1. The first-order valence-electron chi connectivity index (χ1n) is 20.7. The summed E-state index contributed by atoms with van der Waals surface area (Å²) in [5, 5.41) is 14.4. The van der Waals surface area contributed by atoms with E-state index < -0.39 is 11.7 Å². The van der Waals surface area contributed by atoms with Gasteiger partial charge in [0.2, 0.25) is 5.88 Å². The Bertz CT molecular complexity index is 2010. The second-order valence-corrected chi connectivity index (χ2v) is 17.6. The second-order valence-electron chi connectivity index (χ2n) is 16.4. The van der Waals surface area contributed by atoms with E-state index in [1.807, 2.05) is 40.7 Å². The topological polar surface area (TPSA) is 117 Å². The van der Waals surface area contributed by atoms with Crippen molar-refractivity contribution >= 4 is 23.6 Å². The number of rotatable bonds is 11. The van der Waals surface area contributed by atoms with Crippen LogP contribution in [0.5, 0.6) is 11.6 Å². The zero-order valence-electron chi connectivity index (χ0n) is 33.1. The molecule has 2 aromatic heterocycles. The summed E-state index contributed by atoms with van der Waals surface area (Å²) in [6, 6.07) is 18.6. The van der Waals surface area contributed by atoms with E-state index in [4.69, 9.17) is 4.74 Å². The Kier molecular flexibility index (Phi) is 12.5. The van der Waals surface area contributed by atoms with Gasteiger partial charge in [-0.25, -0.2) is 9.37 Å². The Balaban J connectivity index is 0.930. The van der Waals surface area contributed by atoms with Crippen molar-refractivity contribution in [2.45, 2.75) is 103 Å². The number of ether oxygens (including phenoxy) is 1. The maximum absolute atomic E-state index is 14.6. The number of nitrogens with zero attached hydrogens (tertiary/aromatic N) is 5. The average molecular weight is 795 g/mol. The van der Waals surface area contributed by atoms with Gasteiger partial charge in [-0.1, -0.05) is 30.3 Å². The van der Waals surface area contributed by atoms with Crippen LogP contribution in [0.15, 0.2) is 60.8 Å². The Labute approximate surface area is 339 Å². The minimum absolute atomic E-state index is 0.00168. The Hall–Kier alpha value is -4.30. The fourth-order valence-electron chi connectivity index (χ4n) is 8.93. The Morgan fingerprint density at radius 3 is 2.39 bits per heavy atom. The molecular weight excluding hydrogens is 740 g/mol. The highest BCUT2D eigenvalue weighted by atomic mass is 32.2. The van der Waals surface area contributed by atoms with E-state index in [-0.39, 0.29) is 29.4 Å². The summed E-state index contributed by atoms with van der Waals surface area (Å²) in [5.41, 5.74) is 6.38. The zero-order valence-corrected chi connectivity index (χ0v) is 34.0. The molecule has 2 saturated heterocycles. The van der Waals surface area contributed by atoms with Gasteiger partial charge < -0.3 is 20.7 Å². The van der Waals surface area contributed by atoms with Crippen LogP contribution < -0.4 is 20.7 Å². The number of carbonyl (C=O) groups is 2. The van der Waals surface area contributed by atoms with Crippen molar-refractivity contribution in [3.05, 3.63) is 94.7 Å². The molecule has 2 amide bonds. The third kappa shape index (κ3) is 10.1. The fraction of sp³-hybridized carbons (Fsp3) is 0.500. The second kappa shape index (κ2) is 18.1. The van der Waals surface area contributed by atoms with Gasteiger partial charge in [-0.2, -0.15) is 16.9 Å². The molecule has 0 radical (unpaired) electrons. The highest BCUT2D eigenvalue weighted by molar-refractivity contribution is 7.99. The SMILES string of the molecule is C[C@@H]1CN(Cc2ccc(-c3cccc(Oc4ncc(F)cc4C(=O)NC4CCC(NC(=O)c5cc6n(n5)CCCC6)CC4)c3)c(CN3CCSCC3)c2)C[C@H](C)N1. The van der Waals surface area contributed by atoms with Gasteiger partial charge in [0, 0.05) is 87.2 Å².